The van der Waals surface area contributed by atoms with E-state index in [1.54, 1.807) is 18.2 Å². The van der Waals surface area contributed by atoms with Crippen LogP contribution >= 0.6 is 12.6 Å². The van der Waals surface area contributed by atoms with Gasteiger partial charge in [0.1, 0.15) is 23.5 Å². The summed E-state index contributed by atoms with van der Waals surface area (Å²) in [4.78, 5) is 0.503. The number of benzene rings is 1. The SMILES string of the molecule is N#CC(C#N)=CNc1ccc(S)cc1F. The van der Waals surface area contributed by atoms with Crippen LogP contribution in [-0.4, -0.2) is 0 Å². The van der Waals surface area contributed by atoms with Crippen molar-refractivity contribution in [2.24, 2.45) is 0 Å². The number of hydrogen-bond donors (Lipinski definition) is 2. The minimum atomic E-state index is -0.492. The molecule has 0 aliphatic carbocycles. The minimum Gasteiger partial charge on any atom is -0.357 e. The molecular formula is C10H6FN3S. The molecule has 3 nitrogen and oxygen atoms in total. The lowest BCUT2D eigenvalue weighted by Crippen LogP contribution is -1.93. The number of rotatable bonds is 2. The highest BCUT2D eigenvalue weighted by Crippen LogP contribution is 2.17. The van der Waals surface area contributed by atoms with Crippen LogP contribution in [0, 0.1) is 28.5 Å². The lowest BCUT2D eigenvalue weighted by Gasteiger charge is -2.02. The summed E-state index contributed by atoms with van der Waals surface area (Å²) in [5, 5.41) is 19.4. The fraction of sp³-hybridized carbons (Fsp3) is 0. The van der Waals surface area contributed by atoms with Crippen LogP contribution in [0.4, 0.5) is 10.1 Å². The van der Waals surface area contributed by atoms with E-state index in [1.165, 1.54) is 12.1 Å². The number of thiol groups is 1. The Kier molecular flexibility index (Phi) is 3.73. The van der Waals surface area contributed by atoms with Crippen LogP contribution in [0.3, 0.4) is 0 Å². The maximum atomic E-state index is 13.2. The summed E-state index contributed by atoms with van der Waals surface area (Å²) in [7, 11) is 0. The van der Waals surface area contributed by atoms with Crippen molar-refractivity contribution in [2.75, 3.05) is 5.32 Å². The van der Waals surface area contributed by atoms with Crippen LogP contribution in [0.25, 0.3) is 0 Å². The molecular weight excluding hydrogens is 213 g/mol. The average Bonchev–Trinajstić information content (AvgIpc) is 2.22. The van der Waals surface area contributed by atoms with E-state index in [2.05, 4.69) is 17.9 Å². The number of anilines is 1. The second kappa shape index (κ2) is 5.04. The summed E-state index contributed by atoms with van der Waals surface area (Å²) in [5.41, 5.74) is 0.0696. The molecule has 1 rings (SSSR count). The van der Waals surface area contributed by atoms with Crippen molar-refractivity contribution in [3.05, 3.63) is 35.8 Å². The molecule has 0 saturated carbocycles. The second-order valence-corrected chi connectivity index (χ2v) is 3.11. The molecule has 0 amide bonds. The molecule has 15 heavy (non-hydrogen) atoms. The van der Waals surface area contributed by atoms with Crippen molar-refractivity contribution in [3.8, 4) is 12.1 Å². The van der Waals surface area contributed by atoms with Gasteiger partial charge in [0, 0.05) is 11.1 Å². The first-order chi connectivity index (χ1) is 7.17. The molecule has 0 heterocycles. The summed E-state index contributed by atoms with van der Waals surface area (Å²) in [6.45, 7) is 0. The van der Waals surface area contributed by atoms with Crippen molar-refractivity contribution < 1.29 is 4.39 Å². The third-order valence-corrected chi connectivity index (χ3v) is 1.84. The fourth-order valence-corrected chi connectivity index (χ4v) is 1.05. The highest BCUT2D eigenvalue weighted by molar-refractivity contribution is 7.80. The van der Waals surface area contributed by atoms with Crippen molar-refractivity contribution in [1.82, 2.24) is 0 Å². The zero-order valence-corrected chi connectivity index (χ0v) is 8.42. The Balaban J connectivity index is 2.89. The first kappa shape index (κ1) is 11.1. The van der Waals surface area contributed by atoms with E-state index in [0.717, 1.165) is 6.20 Å². The summed E-state index contributed by atoms with van der Waals surface area (Å²) in [5.74, 6) is -0.492. The molecule has 1 aromatic rings. The van der Waals surface area contributed by atoms with Gasteiger partial charge in [-0.25, -0.2) is 4.39 Å². The van der Waals surface area contributed by atoms with Gasteiger partial charge in [-0.05, 0) is 18.2 Å². The lowest BCUT2D eigenvalue weighted by molar-refractivity contribution is 0.628. The smallest absolute Gasteiger partial charge is 0.147 e. The molecule has 0 bridgehead atoms. The van der Waals surface area contributed by atoms with E-state index in [-0.39, 0.29) is 11.3 Å². The lowest BCUT2D eigenvalue weighted by atomic mass is 10.3. The molecule has 0 fully saturated rings. The molecule has 0 aliphatic heterocycles. The first-order valence-corrected chi connectivity index (χ1v) is 4.37. The summed E-state index contributed by atoms with van der Waals surface area (Å²) >= 11 is 3.96. The van der Waals surface area contributed by atoms with E-state index in [9.17, 15) is 4.39 Å². The predicted molar refractivity (Wildman–Crippen MR) is 56.6 cm³/mol. The quantitative estimate of drug-likeness (QED) is 0.593. The molecule has 0 unspecified atom stereocenters. The second-order valence-electron chi connectivity index (χ2n) is 2.59. The van der Waals surface area contributed by atoms with Crippen LogP contribution in [0.5, 0.6) is 0 Å². The van der Waals surface area contributed by atoms with Gasteiger partial charge in [-0.2, -0.15) is 10.5 Å². The summed E-state index contributed by atoms with van der Waals surface area (Å²) in [6.07, 6.45) is 1.15. The van der Waals surface area contributed by atoms with Crippen molar-refractivity contribution in [3.63, 3.8) is 0 Å². The zero-order valence-electron chi connectivity index (χ0n) is 7.53. The number of halogens is 1. The van der Waals surface area contributed by atoms with Crippen molar-refractivity contribution in [1.29, 1.82) is 10.5 Å². The number of hydrogen-bond acceptors (Lipinski definition) is 4. The summed E-state index contributed by atoms with van der Waals surface area (Å²) in [6, 6.07) is 7.61. The number of nitriles is 2. The highest BCUT2D eigenvalue weighted by atomic mass is 32.1. The fourth-order valence-electron chi connectivity index (χ4n) is 0.861. The minimum absolute atomic E-state index is 0.121. The molecule has 0 saturated heterocycles. The highest BCUT2D eigenvalue weighted by Gasteiger charge is 2.00. The topological polar surface area (TPSA) is 59.6 Å². The van der Waals surface area contributed by atoms with Gasteiger partial charge >= 0.3 is 0 Å². The summed E-state index contributed by atoms with van der Waals surface area (Å²) < 4.78 is 13.2. The largest absolute Gasteiger partial charge is 0.357 e. The van der Waals surface area contributed by atoms with Gasteiger partial charge in [-0.15, -0.1) is 12.6 Å². The van der Waals surface area contributed by atoms with Crippen molar-refractivity contribution >= 4 is 18.3 Å². The maximum Gasteiger partial charge on any atom is 0.147 e. The van der Waals surface area contributed by atoms with Gasteiger partial charge in [-0.1, -0.05) is 0 Å². The monoisotopic (exact) mass is 219 g/mol. The Bertz CT molecular complexity index is 466. The molecule has 0 radical (unpaired) electrons. The third kappa shape index (κ3) is 3.01. The van der Waals surface area contributed by atoms with Gasteiger partial charge in [0.25, 0.3) is 0 Å². The number of nitrogens with zero attached hydrogens (tertiary/aromatic N) is 2. The predicted octanol–water partition coefficient (Wildman–Crippen LogP) is 2.46. The van der Waals surface area contributed by atoms with E-state index in [1.807, 2.05) is 0 Å². The Morgan fingerprint density at radius 3 is 2.60 bits per heavy atom. The Labute approximate surface area is 91.9 Å². The van der Waals surface area contributed by atoms with Crippen LogP contribution in [0.15, 0.2) is 34.9 Å². The number of nitrogens with one attached hydrogen (secondary N) is 1. The van der Waals surface area contributed by atoms with Crippen LogP contribution in [0.1, 0.15) is 0 Å². The van der Waals surface area contributed by atoms with Crippen molar-refractivity contribution in [2.45, 2.75) is 4.90 Å². The average molecular weight is 219 g/mol. The molecule has 0 aromatic heterocycles. The molecule has 0 spiro atoms. The van der Waals surface area contributed by atoms with E-state index < -0.39 is 5.82 Å². The molecule has 1 N–H and O–H groups in total. The molecule has 1 aromatic carbocycles. The van der Waals surface area contributed by atoms with Gasteiger partial charge in [0.2, 0.25) is 0 Å². The van der Waals surface area contributed by atoms with Gasteiger partial charge in [-0.3, -0.25) is 0 Å². The van der Waals surface area contributed by atoms with E-state index >= 15 is 0 Å². The zero-order chi connectivity index (χ0) is 11.3. The van der Waals surface area contributed by atoms with Gasteiger partial charge in [0.05, 0.1) is 5.69 Å². The standard InChI is InChI=1S/C10H6FN3S/c11-9-3-8(15)1-2-10(9)14-6-7(4-12)5-13/h1-3,6,14-15H. The van der Waals surface area contributed by atoms with Crippen LogP contribution < -0.4 is 5.32 Å². The molecule has 74 valence electrons. The normalized spacial score (nSPS) is 8.53. The van der Waals surface area contributed by atoms with Crippen LogP contribution in [-0.2, 0) is 0 Å². The maximum absolute atomic E-state index is 13.2. The number of allylic oxidation sites excluding steroid dienone is 1. The Morgan fingerprint density at radius 1 is 1.40 bits per heavy atom. The molecule has 5 heteroatoms. The van der Waals surface area contributed by atoms with Gasteiger partial charge in [0.15, 0.2) is 0 Å². The Hall–Kier alpha value is -1.98. The molecule has 0 atom stereocenters. The third-order valence-electron chi connectivity index (χ3n) is 1.57. The Morgan fingerprint density at radius 2 is 2.07 bits per heavy atom. The van der Waals surface area contributed by atoms with E-state index in [0.29, 0.717) is 4.90 Å². The van der Waals surface area contributed by atoms with Crippen LogP contribution in [0.2, 0.25) is 0 Å². The van der Waals surface area contributed by atoms with Gasteiger partial charge < -0.3 is 5.32 Å². The first-order valence-electron chi connectivity index (χ1n) is 3.93. The van der Waals surface area contributed by atoms with E-state index in [4.69, 9.17) is 10.5 Å². The molecule has 0 aliphatic rings.